The van der Waals surface area contributed by atoms with E-state index in [4.69, 9.17) is 13.9 Å². The summed E-state index contributed by atoms with van der Waals surface area (Å²) in [6.07, 6.45) is 1.08. The van der Waals surface area contributed by atoms with Crippen LogP contribution in [-0.4, -0.2) is 35.4 Å². The minimum Gasteiger partial charge on any atom is -0.504 e. The smallest absolute Gasteiger partial charge is 0.307 e. The number of phenols is 1. The number of nitro benzene ring substituents is 1. The van der Waals surface area contributed by atoms with Gasteiger partial charge in [0.2, 0.25) is 0 Å². The van der Waals surface area contributed by atoms with Gasteiger partial charge < -0.3 is 19.0 Å². The lowest BCUT2D eigenvalue weighted by atomic mass is 10.1. The first-order chi connectivity index (χ1) is 14.4. The molecule has 0 aliphatic carbocycles. The molecule has 0 unspecified atom stereocenters. The highest BCUT2D eigenvalue weighted by atomic mass is 16.6. The quantitative estimate of drug-likeness (QED) is 0.327. The molecule has 156 valence electrons. The zero-order chi connectivity index (χ0) is 21.7. The maximum atomic E-state index is 12.3. The summed E-state index contributed by atoms with van der Waals surface area (Å²) >= 11 is 0. The van der Waals surface area contributed by atoms with Crippen LogP contribution in [0, 0.1) is 10.1 Å². The highest BCUT2D eigenvalue weighted by Gasteiger charge is 2.17. The van der Waals surface area contributed by atoms with Gasteiger partial charge in [-0.05, 0) is 38.1 Å². The lowest BCUT2D eigenvalue weighted by Gasteiger charge is -2.07. The van der Waals surface area contributed by atoms with Crippen molar-refractivity contribution in [3.8, 4) is 17.2 Å². The van der Waals surface area contributed by atoms with Crippen molar-refractivity contribution in [1.82, 2.24) is 5.43 Å². The van der Waals surface area contributed by atoms with Crippen molar-refractivity contribution in [2.24, 2.45) is 5.10 Å². The highest BCUT2D eigenvalue weighted by Crippen LogP contribution is 2.33. The average molecular weight is 413 g/mol. The zero-order valence-corrected chi connectivity index (χ0v) is 16.2. The number of phenolic OH excluding ortho intramolecular Hbond substituents is 1. The summed E-state index contributed by atoms with van der Waals surface area (Å²) in [6, 6.07) is 8.94. The van der Waals surface area contributed by atoms with Gasteiger partial charge in [0.05, 0.1) is 30.4 Å². The molecule has 2 aromatic carbocycles. The van der Waals surface area contributed by atoms with Crippen molar-refractivity contribution < 1.29 is 28.7 Å². The number of nitrogens with one attached hydrogen (secondary N) is 1. The van der Waals surface area contributed by atoms with E-state index in [9.17, 15) is 20.0 Å². The van der Waals surface area contributed by atoms with Crippen LogP contribution < -0.4 is 14.9 Å². The Labute approximate surface area is 170 Å². The van der Waals surface area contributed by atoms with Crippen molar-refractivity contribution in [2.75, 3.05) is 13.2 Å². The lowest BCUT2D eigenvalue weighted by Crippen LogP contribution is -2.16. The summed E-state index contributed by atoms with van der Waals surface area (Å²) in [7, 11) is 0. The van der Waals surface area contributed by atoms with Gasteiger partial charge in [-0.2, -0.15) is 5.10 Å². The number of carbonyl (C=O) groups is 1. The minimum absolute atomic E-state index is 0.0129. The van der Waals surface area contributed by atoms with E-state index in [1.54, 1.807) is 31.2 Å². The molecule has 30 heavy (non-hydrogen) atoms. The number of hydrogen-bond acceptors (Lipinski definition) is 8. The van der Waals surface area contributed by atoms with Crippen molar-refractivity contribution in [3.63, 3.8) is 0 Å². The Morgan fingerprint density at radius 1 is 1.23 bits per heavy atom. The lowest BCUT2D eigenvalue weighted by molar-refractivity contribution is -0.385. The third-order valence-corrected chi connectivity index (χ3v) is 3.99. The largest absolute Gasteiger partial charge is 0.504 e. The second-order valence-electron chi connectivity index (χ2n) is 6.01. The van der Waals surface area contributed by atoms with E-state index in [1.807, 2.05) is 6.92 Å². The van der Waals surface area contributed by atoms with Crippen LogP contribution in [0.25, 0.3) is 11.0 Å². The standard InChI is InChI=1S/C20H19N3O7/c1-3-28-15-5-6-16-12(8-15)9-18(30-16)20(25)22-21-11-13-7-14(23(26)27)10-17(19(13)24)29-4-2/h5-11,24H,3-4H2,1-2H3,(H,22,25)/b21-11+. The van der Waals surface area contributed by atoms with Crippen molar-refractivity contribution in [1.29, 1.82) is 0 Å². The number of nitro groups is 1. The van der Waals surface area contributed by atoms with Gasteiger partial charge in [-0.15, -0.1) is 0 Å². The van der Waals surface area contributed by atoms with Gasteiger partial charge >= 0.3 is 5.91 Å². The van der Waals surface area contributed by atoms with Crippen LogP contribution in [-0.2, 0) is 0 Å². The maximum Gasteiger partial charge on any atom is 0.307 e. The van der Waals surface area contributed by atoms with Gasteiger partial charge in [0, 0.05) is 17.0 Å². The SMILES string of the molecule is CCOc1ccc2oc(C(=O)N/N=C/c3cc([N+](=O)[O-])cc(OCC)c3O)cc2c1. The number of rotatable bonds is 8. The number of nitrogens with zero attached hydrogens (tertiary/aromatic N) is 2. The third-order valence-electron chi connectivity index (χ3n) is 3.99. The summed E-state index contributed by atoms with van der Waals surface area (Å²) < 4.78 is 16.1. The molecule has 0 aliphatic heterocycles. The van der Waals surface area contributed by atoms with E-state index in [1.165, 1.54) is 0 Å². The average Bonchev–Trinajstić information content (AvgIpc) is 3.14. The topological polar surface area (TPSA) is 136 Å². The van der Waals surface area contributed by atoms with Crippen molar-refractivity contribution in [2.45, 2.75) is 13.8 Å². The summed E-state index contributed by atoms with van der Waals surface area (Å²) in [5, 5.41) is 25.7. The maximum absolute atomic E-state index is 12.3. The minimum atomic E-state index is -0.629. The Morgan fingerprint density at radius 3 is 2.70 bits per heavy atom. The fourth-order valence-corrected chi connectivity index (χ4v) is 2.69. The monoisotopic (exact) mass is 413 g/mol. The number of carbonyl (C=O) groups excluding carboxylic acids is 1. The Balaban J connectivity index is 1.78. The van der Waals surface area contributed by atoms with E-state index in [2.05, 4.69) is 10.5 Å². The molecular weight excluding hydrogens is 394 g/mol. The predicted octanol–water partition coefficient (Wildman–Crippen LogP) is 3.61. The molecule has 0 bridgehead atoms. The number of furan rings is 1. The molecule has 3 rings (SSSR count). The fraction of sp³-hybridized carbons (Fsp3) is 0.200. The van der Waals surface area contributed by atoms with Crippen LogP contribution in [0.2, 0.25) is 0 Å². The van der Waals surface area contributed by atoms with Crippen molar-refractivity contribution >= 4 is 28.8 Å². The third kappa shape index (κ3) is 4.49. The van der Waals surface area contributed by atoms with E-state index in [-0.39, 0.29) is 35.1 Å². The van der Waals surface area contributed by atoms with Gasteiger partial charge in [0.15, 0.2) is 17.3 Å². The van der Waals surface area contributed by atoms with Crippen LogP contribution in [0.15, 0.2) is 45.9 Å². The predicted molar refractivity (Wildman–Crippen MR) is 108 cm³/mol. The van der Waals surface area contributed by atoms with E-state index < -0.39 is 10.8 Å². The second kappa shape index (κ2) is 8.95. The summed E-state index contributed by atoms with van der Waals surface area (Å²) in [4.78, 5) is 22.7. The molecule has 10 nitrogen and oxygen atoms in total. The molecular formula is C20H19N3O7. The number of amides is 1. The van der Waals surface area contributed by atoms with E-state index in [0.717, 1.165) is 18.3 Å². The Morgan fingerprint density at radius 2 is 2.00 bits per heavy atom. The first-order valence-electron chi connectivity index (χ1n) is 9.07. The summed E-state index contributed by atoms with van der Waals surface area (Å²) in [5.41, 5.74) is 2.49. The van der Waals surface area contributed by atoms with Gasteiger partial charge in [-0.3, -0.25) is 14.9 Å². The van der Waals surface area contributed by atoms with Crippen LogP contribution in [0.4, 0.5) is 5.69 Å². The molecule has 0 radical (unpaired) electrons. The van der Waals surface area contributed by atoms with Gasteiger partial charge in [0.25, 0.3) is 5.69 Å². The first-order valence-corrected chi connectivity index (χ1v) is 9.07. The van der Waals surface area contributed by atoms with E-state index in [0.29, 0.717) is 23.3 Å². The molecule has 10 heteroatoms. The van der Waals surface area contributed by atoms with Gasteiger partial charge in [-0.25, -0.2) is 5.43 Å². The molecule has 1 aromatic heterocycles. The van der Waals surface area contributed by atoms with Gasteiger partial charge in [-0.1, -0.05) is 0 Å². The number of hydrazone groups is 1. The molecule has 0 atom stereocenters. The number of ether oxygens (including phenoxy) is 2. The zero-order valence-electron chi connectivity index (χ0n) is 16.2. The Hall–Kier alpha value is -4.08. The highest BCUT2D eigenvalue weighted by molar-refractivity contribution is 5.97. The van der Waals surface area contributed by atoms with Crippen LogP contribution >= 0.6 is 0 Å². The summed E-state index contributed by atoms with van der Waals surface area (Å²) in [5.74, 6) is -0.332. The summed E-state index contributed by atoms with van der Waals surface area (Å²) in [6.45, 7) is 4.27. The number of aromatic hydroxyl groups is 1. The van der Waals surface area contributed by atoms with Gasteiger partial charge in [0.1, 0.15) is 11.3 Å². The molecule has 2 N–H and O–H groups in total. The Bertz CT molecular complexity index is 1120. The number of non-ortho nitro benzene ring substituents is 1. The first kappa shape index (κ1) is 20.6. The van der Waals surface area contributed by atoms with Crippen molar-refractivity contribution in [3.05, 3.63) is 57.8 Å². The number of hydrogen-bond donors (Lipinski definition) is 2. The molecule has 0 fully saturated rings. The molecule has 3 aromatic rings. The fourth-order valence-electron chi connectivity index (χ4n) is 2.69. The molecule has 0 saturated carbocycles. The molecule has 0 aliphatic rings. The van der Waals surface area contributed by atoms with Crippen LogP contribution in [0.3, 0.4) is 0 Å². The number of benzene rings is 2. The van der Waals surface area contributed by atoms with Crippen LogP contribution in [0.5, 0.6) is 17.2 Å². The normalized spacial score (nSPS) is 11.0. The molecule has 0 saturated heterocycles. The molecule has 1 heterocycles. The van der Waals surface area contributed by atoms with Crippen LogP contribution in [0.1, 0.15) is 30.0 Å². The van der Waals surface area contributed by atoms with E-state index >= 15 is 0 Å². The molecule has 1 amide bonds. The molecule has 0 spiro atoms. The number of fused-ring (bicyclic) bond motifs is 1. The second-order valence-corrected chi connectivity index (χ2v) is 6.01. The Kier molecular flexibility index (Phi) is 6.16.